The molecule has 0 aliphatic carbocycles. The number of hydrogen-bond donors (Lipinski definition) is 2. The molecule has 16 heavy (non-hydrogen) atoms. The standard InChI is InChI=1S/C8H6F4N2O2/c9-3-1-4(10)7(12)8(6(3)11)16-2-5(15)14-13/h1H,2,13H2,(H,14,15). The molecule has 1 amide bonds. The van der Waals surface area contributed by atoms with Crippen LogP contribution in [0.5, 0.6) is 5.75 Å². The third kappa shape index (κ3) is 2.40. The molecule has 0 unspecified atom stereocenters. The zero-order chi connectivity index (χ0) is 12.3. The largest absolute Gasteiger partial charge is 0.477 e. The van der Waals surface area contributed by atoms with Crippen LogP contribution in [0.25, 0.3) is 0 Å². The van der Waals surface area contributed by atoms with E-state index in [0.29, 0.717) is 0 Å². The Balaban J connectivity index is 2.99. The van der Waals surface area contributed by atoms with Crippen LogP contribution in [0.3, 0.4) is 0 Å². The fraction of sp³-hybridized carbons (Fsp3) is 0.125. The van der Waals surface area contributed by atoms with Crippen molar-refractivity contribution in [3.8, 4) is 5.75 Å². The Hall–Kier alpha value is -1.83. The van der Waals surface area contributed by atoms with Gasteiger partial charge in [-0.05, 0) is 0 Å². The molecule has 1 aromatic carbocycles. The van der Waals surface area contributed by atoms with Gasteiger partial charge in [-0.15, -0.1) is 0 Å². The van der Waals surface area contributed by atoms with Gasteiger partial charge in [0.25, 0.3) is 5.91 Å². The van der Waals surface area contributed by atoms with Crippen LogP contribution in [-0.2, 0) is 4.79 Å². The highest BCUT2D eigenvalue weighted by molar-refractivity contribution is 5.76. The van der Waals surface area contributed by atoms with E-state index in [0.717, 1.165) is 0 Å². The first-order chi connectivity index (χ1) is 7.47. The Labute approximate surface area is 87.0 Å². The topological polar surface area (TPSA) is 64.3 Å². The number of amides is 1. The molecule has 0 atom stereocenters. The molecule has 1 rings (SSSR count). The van der Waals surface area contributed by atoms with Gasteiger partial charge in [-0.2, -0.15) is 8.78 Å². The van der Waals surface area contributed by atoms with Crippen molar-refractivity contribution in [1.29, 1.82) is 0 Å². The molecule has 4 nitrogen and oxygen atoms in total. The molecule has 0 bridgehead atoms. The van der Waals surface area contributed by atoms with Crippen molar-refractivity contribution in [2.75, 3.05) is 6.61 Å². The molecular formula is C8H6F4N2O2. The molecule has 8 heteroatoms. The molecule has 88 valence electrons. The van der Waals surface area contributed by atoms with Crippen LogP contribution in [0.4, 0.5) is 17.6 Å². The second-order valence-corrected chi connectivity index (χ2v) is 2.65. The van der Waals surface area contributed by atoms with Gasteiger partial charge in [-0.1, -0.05) is 0 Å². The molecule has 0 radical (unpaired) electrons. The number of rotatable bonds is 3. The number of carbonyl (C=O) groups is 1. The molecule has 1 aromatic rings. The number of benzene rings is 1. The van der Waals surface area contributed by atoms with Crippen molar-refractivity contribution >= 4 is 5.91 Å². The molecule has 0 saturated heterocycles. The lowest BCUT2D eigenvalue weighted by Crippen LogP contribution is -2.34. The quantitative estimate of drug-likeness (QED) is 0.266. The minimum Gasteiger partial charge on any atom is -0.477 e. The first-order valence-corrected chi connectivity index (χ1v) is 3.92. The van der Waals surface area contributed by atoms with Gasteiger partial charge in [-0.25, -0.2) is 14.6 Å². The summed E-state index contributed by atoms with van der Waals surface area (Å²) < 4.78 is 55.4. The molecule has 0 fully saturated rings. The maximum Gasteiger partial charge on any atom is 0.271 e. The summed E-state index contributed by atoms with van der Waals surface area (Å²) in [6.07, 6.45) is 0. The highest BCUT2D eigenvalue weighted by atomic mass is 19.2. The van der Waals surface area contributed by atoms with E-state index in [1.54, 1.807) is 5.43 Å². The van der Waals surface area contributed by atoms with Gasteiger partial charge in [0.1, 0.15) is 0 Å². The summed E-state index contributed by atoms with van der Waals surface area (Å²) in [7, 11) is 0. The van der Waals surface area contributed by atoms with Crippen molar-refractivity contribution in [2.24, 2.45) is 5.84 Å². The Morgan fingerprint density at radius 2 is 1.75 bits per heavy atom. The van der Waals surface area contributed by atoms with Crippen LogP contribution in [0.2, 0.25) is 0 Å². The van der Waals surface area contributed by atoms with E-state index in [1.807, 2.05) is 0 Å². The molecular weight excluding hydrogens is 232 g/mol. The number of carbonyl (C=O) groups excluding carboxylic acids is 1. The summed E-state index contributed by atoms with van der Waals surface area (Å²) in [6.45, 7) is -0.868. The van der Waals surface area contributed by atoms with Crippen LogP contribution < -0.4 is 16.0 Å². The van der Waals surface area contributed by atoms with Crippen LogP contribution in [0.1, 0.15) is 0 Å². The molecule has 0 aliphatic heterocycles. The van der Waals surface area contributed by atoms with Gasteiger partial charge >= 0.3 is 0 Å². The Bertz CT molecular complexity index is 399. The second kappa shape index (κ2) is 4.79. The van der Waals surface area contributed by atoms with Crippen LogP contribution in [0, 0.1) is 23.3 Å². The smallest absolute Gasteiger partial charge is 0.271 e. The Morgan fingerprint density at radius 1 is 1.25 bits per heavy atom. The van der Waals surface area contributed by atoms with E-state index in [1.165, 1.54) is 0 Å². The Kier molecular flexibility index (Phi) is 3.67. The average Bonchev–Trinajstić information content (AvgIpc) is 2.26. The lowest BCUT2D eigenvalue weighted by molar-refractivity contribution is -0.123. The highest BCUT2D eigenvalue weighted by Gasteiger charge is 2.21. The van der Waals surface area contributed by atoms with Crippen molar-refractivity contribution < 1.29 is 27.1 Å². The van der Waals surface area contributed by atoms with Gasteiger partial charge in [0.2, 0.25) is 11.6 Å². The Morgan fingerprint density at radius 3 is 2.19 bits per heavy atom. The fourth-order valence-electron chi connectivity index (χ4n) is 0.857. The summed E-state index contributed by atoms with van der Waals surface area (Å²) in [6, 6.07) is 0.0283. The van der Waals surface area contributed by atoms with Crippen molar-refractivity contribution in [3.63, 3.8) is 0 Å². The van der Waals surface area contributed by atoms with Gasteiger partial charge in [0.15, 0.2) is 24.0 Å². The monoisotopic (exact) mass is 238 g/mol. The molecule has 0 aromatic heterocycles. The molecule has 0 saturated carbocycles. The minimum absolute atomic E-state index is 0.0283. The first kappa shape index (κ1) is 12.2. The number of ether oxygens (including phenoxy) is 1. The lowest BCUT2D eigenvalue weighted by Gasteiger charge is -2.08. The maximum atomic E-state index is 12.9. The second-order valence-electron chi connectivity index (χ2n) is 2.65. The van der Waals surface area contributed by atoms with E-state index in [4.69, 9.17) is 0 Å². The third-order valence-corrected chi connectivity index (χ3v) is 1.58. The summed E-state index contributed by atoms with van der Waals surface area (Å²) in [5, 5.41) is 0. The summed E-state index contributed by atoms with van der Waals surface area (Å²) in [5.41, 5.74) is 1.61. The zero-order valence-electron chi connectivity index (χ0n) is 7.69. The number of halogens is 4. The first-order valence-electron chi connectivity index (χ1n) is 3.92. The number of nitrogens with one attached hydrogen (secondary N) is 1. The highest BCUT2D eigenvalue weighted by Crippen LogP contribution is 2.26. The van der Waals surface area contributed by atoms with E-state index in [9.17, 15) is 22.4 Å². The molecule has 0 aliphatic rings. The van der Waals surface area contributed by atoms with Crippen LogP contribution in [-0.4, -0.2) is 12.5 Å². The van der Waals surface area contributed by atoms with Crippen LogP contribution in [0.15, 0.2) is 6.07 Å². The normalized spacial score (nSPS) is 10.1. The van der Waals surface area contributed by atoms with E-state index >= 15 is 0 Å². The van der Waals surface area contributed by atoms with Gasteiger partial charge in [0, 0.05) is 6.07 Å². The lowest BCUT2D eigenvalue weighted by atomic mass is 10.3. The molecule has 0 heterocycles. The van der Waals surface area contributed by atoms with E-state index in [2.05, 4.69) is 10.6 Å². The van der Waals surface area contributed by atoms with Gasteiger partial charge < -0.3 is 4.74 Å². The average molecular weight is 238 g/mol. The zero-order valence-corrected chi connectivity index (χ0v) is 7.69. The van der Waals surface area contributed by atoms with Crippen molar-refractivity contribution in [2.45, 2.75) is 0 Å². The number of hydrogen-bond acceptors (Lipinski definition) is 3. The van der Waals surface area contributed by atoms with Gasteiger partial charge in [-0.3, -0.25) is 10.2 Å². The van der Waals surface area contributed by atoms with Crippen molar-refractivity contribution in [3.05, 3.63) is 29.3 Å². The third-order valence-electron chi connectivity index (χ3n) is 1.58. The molecule has 0 spiro atoms. The van der Waals surface area contributed by atoms with Crippen LogP contribution >= 0.6 is 0 Å². The number of nitrogens with two attached hydrogens (primary N) is 1. The summed E-state index contributed by atoms with van der Waals surface area (Å²) in [4.78, 5) is 10.6. The molecule has 3 N–H and O–H groups in total. The van der Waals surface area contributed by atoms with Gasteiger partial charge in [0.05, 0.1) is 0 Å². The predicted molar refractivity (Wildman–Crippen MR) is 44.1 cm³/mol. The van der Waals surface area contributed by atoms with Crippen molar-refractivity contribution in [1.82, 2.24) is 5.43 Å². The SMILES string of the molecule is NNC(=O)COc1c(F)c(F)cc(F)c1F. The summed E-state index contributed by atoms with van der Waals surface area (Å²) in [5.74, 6) is -4.24. The predicted octanol–water partition coefficient (Wildman–Crippen LogP) is 0.612. The minimum atomic E-state index is -1.72. The number of hydrazine groups is 1. The maximum absolute atomic E-state index is 12.9. The van der Waals surface area contributed by atoms with E-state index in [-0.39, 0.29) is 6.07 Å². The summed E-state index contributed by atoms with van der Waals surface area (Å²) >= 11 is 0. The van der Waals surface area contributed by atoms with E-state index < -0.39 is 41.5 Å². The fourth-order valence-corrected chi connectivity index (χ4v) is 0.857.